The van der Waals surface area contributed by atoms with Crippen LogP contribution in [0.4, 0.5) is 10.1 Å². The lowest BCUT2D eigenvalue weighted by Gasteiger charge is -2.22. The van der Waals surface area contributed by atoms with Crippen molar-refractivity contribution in [3.05, 3.63) is 58.9 Å². The van der Waals surface area contributed by atoms with Crippen molar-refractivity contribution in [3.8, 4) is 5.75 Å². The lowest BCUT2D eigenvalue weighted by atomic mass is 10.1. The maximum atomic E-state index is 13.3. The number of hydrogen-bond donors (Lipinski definition) is 1. The fourth-order valence-corrected chi connectivity index (χ4v) is 3.69. The van der Waals surface area contributed by atoms with Gasteiger partial charge in [-0.3, -0.25) is 9.10 Å². The van der Waals surface area contributed by atoms with Gasteiger partial charge in [0, 0.05) is 6.54 Å². The van der Waals surface area contributed by atoms with Gasteiger partial charge in [-0.25, -0.2) is 12.8 Å². The van der Waals surface area contributed by atoms with E-state index in [4.69, 9.17) is 16.3 Å². The van der Waals surface area contributed by atoms with Gasteiger partial charge in [-0.2, -0.15) is 0 Å². The Labute approximate surface area is 175 Å². The van der Waals surface area contributed by atoms with E-state index in [2.05, 4.69) is 5.32 Å². The molecule has 2 rings (SSSR count). The van der Waals surface area contributed by atoms with Crippen LogP contribution >= 0.6 is 11.6 Å². The number of aryl methyl sites for hydroxylation is 1. The Morgan fingerprint density at radius 1 is 1.21 bits per heavy atom. The van der Waals surface area contributed by atoms with E-state index in [1.807, 2.05) is 31.2 Å². The highest BCUT2D eigenvalue weighted by Crippen LogP contribution is 2.24. The van der Waals surface area contributed by atoms with Crippen molar-refractivity contribution in [3.63, 3.8) is 0 Å². The van der Waals surface area contributed by atoms with E-state index in [0.29, 0.717) is 19.6 Å². The van der Waals surface area contributed by atoms with E-state index < -0.39 is 28.3 Å². The standard InChI is InChI=1S/C20H24ClFN2O4S/c1-3-28-17-9-6-15(7-10-17)5-4-12-23-20(25)14-24(29(2,26)27)16-8-11-19(22)18(21)13-16/h6-11,13H,3-5,12,14H2,1-2H3,(H,23,25). The first-order valence-electron chi connectivity index (χ1n) is 9.12. The molecular formula is C20H24ClFN2O4S. The quantitative estimate of drug-likeness (QED) is 0.572. The molecular weight excluding hydrogens is 419 g/mol. The Morgan fingerprint density at radius 3 is 2.48 bits per heavy atom. The summed E-state index contributed by atoms with van der Waals surface area (Å²) in [5, 5.41) is 2.49. The normalized spacial score (nSPS) is 11.2. The van der Waals surface area contributed by atoms with Crippen LogP contribution in [0.1, 0.15) is 18.9 Å². The van der Waals surface area contributed by atoms with Crippen LogP contribution in [0.3, 0.4) is 0 Å². The molecule has 0 aliphatic carbocycles. The summed E-state index contributed by atoms with van der Waals surface area (Å²) in [4.78, 5) is 12.2. The summed E-state index contributed by atoms with van der Waals surface area (Å²) in [6.07, 6.45) is 2.43. The zero-order chi connectivity index (χ0) is 21.4. The third-order valence-electron chi connectivity index (χ3n) is 4.08. The molecule has 0 atom stereocenters. The molecule has 158 valence electrons. The monoisotopic (exact) mass is 442 g/mol. The summed E-state index contributed by atoms with van der Waals surface area (Å²) >= 11 is 5.73. The van der Waals surface area contributed by atoms with Crippen LogP contribution in [0.25, 0.3) is 0 Å². The number of benzene rings is 2. The average molecular weight is 443 g/mol. The van der Waals surface area contributed by atoms with Crippen LogP contribution in [0.5, 0.6) is 5.75 Å². The third-order valence-corrected chi connectivity index (χ3v) is 5.51. The maximum absolute atomic E-state index is 13.3. The summed E-state index contributed by atoms with van der Waals surface area (Å²) in [6, 6.07) is 11.2. The molecule has 2 aromatic carbocycles. The Bertz CT molecular complexity index is 936. The van der Waals surface area contributed by atoms with Gasteiger partial charge in [0.05, 0.1) is 23.6 Å². The molecule has 0 aromatic heterocycles. The number of nitrogens with zero attached hydrogens (tertiary/aromatic N) is 1. The van der Waals surface area contributed by atoms with Gasteiger partial charge in [0.2, 0.25) is 15.9 Å². The van der Waals surface area contributed by atoms with Crippen LogP contribution in [-0.4, -0.2) is 40.3 Å². The van der Waals surface area contributed by atoms with Crippen LogP contribution in [0.15, 0.2) is 42.5 Å². The molecule has 0 aliphatic heterocycles. The van der Waals surface area contributed by atoms with Gasteiger partial charge < -0.3 is 10.1 Å². The molecule has 0 saturated heterocycles. The molecule has 9 heteroatoms. The van der Waals surface area contributed by atoms with Gasteiger partial charge in [0.15, 0.2) is 0 Å². The predicted molar refractivity (Wildman–Crippen MR) is 113 cm³/mol. The van der Waals surface area contributed by atoms with Crippen molar-refractivity contribution in [2.24, 2.45) is 0 Å². The van der Waals surface area contributed by atoms with E-state index >= 15 is 0 Å². The smallest absolute Gasteiger partial charge is 0.240 e. The van der Waals surface area contributed by atoms with Crippen molar-refractivity contribution in [1.82, 2.24) is 5.32 Å². The van der Waals surface area contributed by atoms with Gasteiger partial charge in [-0.15, -0.1) is 0 Å². The number of anilines is 1. The highest BCUT2D eigenvalue weighted by atomic mass is 35.5. The minimum absolute atomic E-state index is 0.128. The molecule has 0 spiro atoms. The first kappa shape index (κ1) is 23.0. The molecule has 0 radical (unpaired) electrons. The molecule has 0 bridgehead atoms. The Balaban J connectivity index is 1.87. The third kappa shape index (κ3) is 7.21. The second kappa shape index (κ2) is 10.5. The fraction of sp³-hybridized carbons (Fsp3) is 0.350. The number of hydrogen-bond acceptors (Lipinski definition) is 4. The molecule has 0 aliphatic rings. The van der Waals surface area contributed by atoms with Crippen molar-refractivity contribution in [2.75, 3.05) is 30.3 Å². The average Bonchev–Trinajstić information content (AvgIpc) is 2.66. The van der Waals surface area contributed by atoms with Crippen molar-refractivity contribution in [2.45, 2.75) is 19.8 Å². The summed E-state index contributed by atoms with van der Waals surface area (Å²) in [7, 11) is -3.75. The van der Waals surface area contributed by atoms with Crippen LogP contribution in [-0.2, 0) is 21.2 Å². The molecule has 0 saturated carbocycles. The summed E-state index contributed by atoms with van der Waals surface area (Å²) in [5.74, 6) is -0.309. The number of halogens is 2. The number of carbonyl (C=O) groups excluding carboxylic acids is 1. The zero-order valence-corrected chi connectivity index (χ0v) is 17.9. The van der Waals surface area contributed by atoms with Crippen molar-refractivity contribution < 1.29 is 22.3 Å². The largest absolute Gasteiger partial charge is 0.494 e. The summed E-state index contributed by atoms with van der Waals surface area (Å²) in [6.45, 7) is 2.52. The molecule has 2 aromatic rings. The van der Waals surface area contributed by atoms with Gasteiger partial charge in [0.25, 0.3) is 0 Å². The van der Waals surface area contributed by atoms with Gasteiger partial charge in [-0.05, 0) is 55.7 Å². The summed E-state index contributed by atoms with van der Waals surface area (Å²) in [5.41, 5.74) is 1.24. The Morgan fingerprint density at radius 2 is 1.90 bits per heavy atom. The lowest BCUT2D eigenvalue weighted by molar-refractivity contribution is -0.119. The number of ether oxygens (including phenoxy) is 1. The number of nitrogens with one attached hydrogen (secondary N) is 1. The highest BCUT2D eigenvalue weighted by molar-refractivity contribution is 7.92. The SMILES string of the molecule is CCOc1ccc(CCCNC(=O)CN(c2ccc(F)c(Cl)c2)S(C)(=O)=O)cc1. The number of rotatable bonds is 10. The molecule has 1 amide bonds. The minimum Gasteiger partial charge on any atom is -0.494 e. The van der Waals surface area contributed by atoms with E-state index in [0.717, 1.165) is 34.4 Å². The molecule has 0 fully saturated rings. The first-order chi connectivity index (χ1) is 13.7. The van der Waals surface area contributed by atoms with Gasteiger partial charge >= 0.3 is 0 Å². The van der Waals surface area contributed by atoms with Crippen molar-refractivity contribution >= 4 is 33.2 Å². The molecule has 29 heavy (non-hydrogen) atoms. The molecule has 0 unspecified atom stereocenters. The van der Waals surface area contributed by atoms with Crippen LogP contribution in [0, 0.1) is 5.82 Å². The van der Waals surface area contributed by atoms with E-state index in [-0.39, 0.29) is 10.7 Å². The lowest BCUT2D eigenvalue weighted by Crippen LogP contribution is -2.40. The number of amides is 1. The van der Waals surface area contributed by atoms with E-state index in [9.17, 15) is 17.6 Å². The zero-order valence-electron chi connectivity index (χ0n) is 16.3. The van der Waals surface area contributed by atoms with Crippen LogP contribution in [0.2, 0.25) is 5.02 Å². The molecule has 0 heterocycles. The van der Waals surface area contributed by atoms with Gasteiger partial charge in [-0.1, -0.05) is 23.7 Å². The van der Waals surface area contributed by atoms with E-state index in [1.165, 1.54) is 12.1 Å². The molecule has 6 nitrogen and oxygen atoms in total. The fourth-order valence-electron chi connectivity index (χ4n) is 2.67. The van der Waals surface area contributed by atoms with E-state index in [1.54, 1.807) is 0 Å². The predicted octanol–water partition coefficient (Wildman–Crippen LogP) is 3.39. The Kier molecular flexibility index (Phi) is 8.28. The highest BCUT2D eigenvalue weighted by Gasteiger charge is 2.21. The van der Waals surface area contributed by atoms with Crippen molar-refractivity contribution in [1.29, 1.82) is 0 Å². The maximum Gasteiger partial charge on any atom is 0.240 e. The second-order valence-electron chi connectivity index (χ2n) is 6.40. The second-order valence-corrected chi connectivity index (χ2v) is 8.71. The number of sulfonamides is 1. The topological polar surface area (TPSA) is 75.7 Å². The first-order valence-corrected chi connectivity index (χ1v) is 11.3. The Hall–Kier alpha value is -2.32. The van der Waals surface area contributed by atoms with Crippen LogP contribution < -0.4 is 14.4 Å². The van der Waals surface area contributed by atoms with Gasteiger partial charge in [0.1, 0.15) is 18.1 Å². The molecule has 1 N–H and O–H groups in total. The minimum atomic E-state index is -3.75. The number of carbonyl (C=O) groups is 1. The summed E-state index contributed by atoms with van der Waals surface area (Å²) < 4.78 is 43.7.